The third-order valence-corrected chi connectivity index (χ3v) is 4.66. The number of nitrogens with one attached hydrogen (secondary N) is 2. The van der Waals surface area contributed by atoms with Crippen LogP contribution in [0.5, 0.6) is 5.75 Å². The van der Waals surface area contributed by atoms with Gasteiger partial charge in [0.05, 0.1) is 7.11 Å². The summed E-state index contributed by atoms with van der Waals surface area (Å²) in [7, 11) is 1.66. The lowest BCUT2D eigenvalue weighted by atomic mass is 10.00. The number of hydrogen-bond donors (Lipinski definition) is 2. The zero-order chi connectivity index (χ0) is 14.9. The predicted octanol–water partition coefficient (Wildman–Crippen LogP) is 2.72. The van der Waals surface area contributed by atoms with Crippen molar-refractivity contribution in [3.05, 3.63) is 24.3 Å². The highest BCUT2D eigenvalue weighted by Crippen LogP contribution is 2.21. The lowest BCUT2D eigenvalue weighted by Gasteiger charge is -2.22. The second-order valence-corrected chi connectivity index (χ2v) is 6.46. The second-order valence-electron chi connectivity index (χ2n) is 5.29. The van der Waals surface area contributed by atoms with Crippen LogP contribution in [-0.2, 0) is 4.79 Å². The highest BCUT2D eigenvalue weighted by molar-refractivity contribution is 7.99. The molecular weight excluding hydrogens is 320 g/mol. The molecule has 1 amide bonds. The Morgan fingerprint density at radius 1 is 1.41 bits per heavy atom. The van der Waals surface area contributed by atoms with Gasteiger partial charge in [0, 0.05) is 23.6 Å². The quantitative estimate of drug-likeness (QED) is 0.747. The summed E-state index contributed by atoms with van der Waals surface area (Å²) < 4.78 is 5.12. The van der Waals surface area contributed by atoms with Gasteiger partial charge in [-0.25, -0.2) is 0 Å². The van der Waals surface area contributed by atoms with Crippen molar-refractivity contribution in [2.24, 2.45) is 5.92 Å². The van der Waals surface area contributed by atoms with E-state index in [0.717, 1.165) is 31.1 Å². The number of rotatable bonds is 7. The monoisotopic (exact) mass is 344 g/mol. The number of amides is 1. The first-order valence-electron chi connectivity index (χ1n) is 7.52. The van der Waals surface area contributed by atoms with Gasteiger partial charge in [0.1, 0.15) is 5.75 Å². The first kappa shape index (κ1) is 19.1. The Labute approximate surface area is 143 Å². The average Bonchev–Trinajstić information content (AvgIpc) is 2.54. The highest BCUT2D eigenvalue weighted by Gasteiger charge is 2.13. The van der Waals surface area contributed by atoms with Gasteiger partial charge in [-0.1, -0.05) is 0 Å². The van der Waals surface area contributed by atoms with Crippen molar-refractivity contribution in [2.45, 2.75) is 24.2 Å². The van der Waals surface area contributed by atoms with Crippen molar-refractivity contribution in [1.82, 2.24) is 10.6 Å². The minimum absolute atomic E-state index is 0. The molecule has 1 aliphatic rings. The van der Waals surface area contributed by atoms with E-state index >= 15 is 0 Å². The van der Waals surface area contributed by atoms with Crippen LogP contribution in [0.25, 0.3) is 0 Å². The normalized spacial score (nSPS) is 17.4. The Morgan fingerprint density at radius 2 is 2.18 bits per heavy atom. The molecule has 1 aromatic rings. The van der Waals surface area contributed by atoms with Crippen molar-refractivity contribution in [2.75, 3.05) is 32.5 Å². The summed E-state index contributed by atoms with van der Waals surface area (Å²) in [5.74, 6) is 2.41. The van der Waals surface area contributed by atoms with Crippen molar-refractivity contribution < 1.29 is 9.53 Å². The topological polar surface area (TPSA) is 50.4 Å². The van der Waals surface area contributed by atoms with Gasteiger partial charge in [0.2, 0.25) is 5.91 Å². The van der Waals surface area contributed by atoms with E-state index in [0.29, 0.717) is 12.3 Å². The predicted molar refractivity (Wildman–Crippen MR) is 94.2 cm³/mol. The van der Waals surface area contributed by atoms with Gasteiger partial charge < -0.3 is 15.4 Å². The van der Waals surface area contributed by atoms with Gasteiger partial charge in [-0.3, -0.25) is 4.79 Å². The molecule has 6 heteroatoms. The molecule has 0 spiro atoms. The molecule has 124 valence electrons. The van der Waals surface area contributed by atoms with Gasteiger partial charge in [-0.2, -0.15) is 0 Å². The van der Waals surface area contributed by atoms with Gasteiger partial charge in [-0.05, 0) is 56.1 Å². The molecule has 2 rings (SSSR count). The fraction of sp³-hybridized carbons (Fsp3) is 0.562. The first-order valence-corrected chi connectivity index (χ1v) is 8.51. The van der Waals surface area contributed by atoms with E-state index in [1.807, 2.05) is 24.3 Å². The number of methoxy groups -OCH3 is 1. The molecule has 0 bridgehead atoms. The summed E-state index contributed by atoms with van der Waals surface area (Å²) in [5, 5.41) is 6.41. The molecule has 4 nitrogen and oxygen atoms in total. The molecule has 1 saturated heterocycles. The summed E-state index contributed by atoms with van der Waals surface area (Å²) in [6.07, 6.45) is 3.00. The van der Waals surface area contributed by atoms with Crippen LogP contribution in [0.2, 0.25) is 0 Å². The van der Waals surface area contributed by atoms with Crippen LogP contribution < -0.4 is 15.4 Å². The Hall–Kier alpha value is -0.910. The summed E-state index contributed by atoms with van der Waals surface area (Å²) in [6, 6.07) is 7.93. The van der Waals surface area contributed by atoms with Crippen molar-refractivity contribution in [3.63, 3.8) is 0 Å². The van der Waals surface area contributed by atoms with Crippen LogP contribution in [0, 0.1) is 5.92 Å². The molecule has 1 aliphatic heterocycles. The molecule has 1 aromatic carbocycles. The lowest BCUT2D eigenvalue weighted by Crippen LogP contribution is -2.38. The molecular formula is C16H25ClN2O2S. The number of ether oxygens (including phenoxy) is 1. The largest absolute Gasteiger partial charge is 0.497 e. The maximum absolute atomic E-state index is 11.8. The Balaban J connectivity index is 0.00000242. The fourth-order valence-corrected chi connectivity index (χ4v) is 3.23. The molecule has 0 saturated carbocycles. The Kier molecular flexibility index (Phi) is 9.36. The van der Waals surface area contributed by atoms with Crippen LogP contribution in [0.4, 0.5) is 0 Å². The van der Waals surface area contributed by atoms with E-state index < -0.39 is 0 Å². The van der Waals surface area contributed by atoms with Crippen LogP contribution in [0.1, 0.15) is 19.3 Å². The van der Waals surface area contributed by atoms with Crippen LogP contribution in [-0.4, -0.2) is 38.4 Å². The number of carbonyl (C=O) groups is 1. The van der Waals surface area contributed by atoms with E-state index in [-0.39, 0.29) is 18.3 Å². The van der Waals surface area contributed by atoms with E-state index in [1.54, 1.807) is 18.9 Å². The first-order chi connectivity index (χ1) is 10.3. The lowest BCUT2D eigenvalue weighted by molar-refractivity contribution is -0.120. The maximum atomic E-state index is 11.8. The third-order valence-electron chi connectivity index (χ3n) is 3.64. The van der Waals surface area contributed by atoms with Crippen molar-refractivity contribution in [1.29, 1.82) is 0 Å². The second kappa shape index (κ2) is 10.8. The summed E-state index contributed by atoms with van der Waals surface area (Å²) in [5.41, 5.74) is 0. The van der Waals surface area contributed by atoms with E-state index in [2.05, 4.69) is 10.6 Å². The smallest absolute Gasteiger partial charge is 0.220 e. The number of benzene rings is 1. The molecule has 0 aromatic heterocycles. The molecule has 1 unspecified atom stereocenters. The number of hydrogen-bond acceptors (Lipinski definition) is 4. The number of thioether (sulfide) groups is 1. The molecule has 0 radical (unpaired) electrons. The number of piperidine rings is 1. The minimum Gasteiger partial charge on any atom is -0.497 e. The molecule has 1 atom stereocenters. The van der Waals surface area contributed by atoms with Gasteiger partial charge in [0.15, 0.2) is 0 Å². The molecule has 1 fully saturated rings. The van der Waals surface area contributed by atoms with E-state index in [9.17, 15) is 4.79 Å². The summed E-state index contributed by atoms with van der Waals surface area (Å²) in [4.78, 5) is 13.0. The Bertz CT molecular complexity index is 436. The van der Waals surface area contributed by atoms with Gasteiger partial charge >= 0.3 is 0 Å². The summed E-state index contributed by atoms with van der Waals surface area (Å²) >= 11 is 1.70. The standard InChI is InChI=1S/C16H24N2O2S.ClH/c1-20-14-4-6-15(7-5-14)21-10-8-16(19)18-12-13-3-2-9-17-11-13;/h4-7,13,17H,2-3,8-12H2,1H3,(H,18,19);1H. The van der Waals surface area contributed by atoms with Crippen LogP contribution in [0.15, 0.2) is 29.2 Å². The van der Waals surface area contributed by atoms with Crippen LogP contribution in [0.3, 0.4) is 0 Å². The average molecular weight is 345 g/mol. The SMILES string of the molecule is COc1ccc(SCCC(=O)NCC2CCCNC2)cc1.Cl. The van der Waals surface area contributed by atoms with Crippen molar-refractivity contribution in [3.8, 4) is 5.75 Å². The third kappa shape index (κ3) is 6.90. The fourth-order valence-electron chi connectivity index (χ4n) is 2.38. The van der Waals surface area contributed by atoms with Gasteiger partial charge in [0.25, 0.3) is 0 Å². The molecule has 0 aliphatic carbocycles. The van der Waals surface area contributed by atoms with Crippen molar-refractivity contribution >= 4 is 30.1 Å². The zero-order valence-corrected chi connectivity index (χ0v) is 14.6. The number of halogens is 1. The molecule has 22 heavy (non-hydrogen) atoms. The number of carbonyl (C=O) groups excluding carboxylic acids is 1. The van der Waals surface area contributed by atoms with E-state index in [4.69, 9.17) is 4.74 Å². The highest BCUT2D eigenvalue weighted by atomic mass is 35.5. The molecule has 1 heterocycles. The molecule has 2 N–H and O–H groups in total. The Morgan fingerprint density at radius 3 is 2.82 bits per heavy atom. The van der Waals surface area contributed by atoms with Gasteiger partial charge in [-0.15, -0.1) is 24.2 Å². The van der Waals surface area contributed by atoms with E-state index in [1.165, 1.54) is 17.7 Å². The summed E-state index contributed by atoms with van der Waals surface area (Å²) in [6.45, 7) is 2.95. The van der Waals surface area contributed by atoms with Crippen LogP contribution >= 0.6 is 24.2 Å². The maximum Gasteiger partial charge on any atom is 0.220 e. The zero-order valence-electron chi connectivity index (χ0n) is 13.0. The minimum atomic E-state index is 0.